The van der Waals surface area contributed by atoms with E-state index in [4.69, 9.17) is 0 Å². The summed E-state index contributed by atoms with van der Waals surface area (Å²) in [6.07, 6.45) is 4.01. The van der Waals surface area contributed by atoms with Gasteiger partial charge in [-0.3, -0.25) is 14.4 Å². The van der Waals surface area contributed by atoms with E-state index in [2.05, 4.69) is 15.6 Å². The molecule has 0 aliphatic carbocycles. The zero-order valence-corrected chi connectivity index (χ0v) is 15.8. The lowest BCUT2D eigenvalue weighted by atomic mass is 9.96. The standard InChI is InChI=1S/C17H26N4O3S/c1-17(2,3)15(24)18-8-4-7-13(22)21-10-5-6-12(21)14(23)20-16-19-9-11-25-16/h9,11-12H,4-8,10H2,1-3H3,(H,18,24)(H,19,20,23). The highest BCUT2D eigenvalue weighted by Crippen LogP contribution is 2.21. The van der Waals surface area contributed by atoms with Crippen LogP contribution in [0.1, 0.15) is 46.5 Å². The van der Waals surface area contributed by atoms with Crippen molar-refractivity contribution in [1.82, 2.24) is 15.2 Å². The number of anilines is 1. The highest BCUT2D eigenvalue weighted by Gasteiger charge is 2.34. The highest BCUT2D eigenvalue weighted by molar-refractivity contribution is 7.13. The maximum absolute atomic E-state index is 12.4. The summed E-state index contributed by atoms with van der Waals surface area (Å²) in [5.41, 5.74) is -0.433. The fourth-order valence-electron chi connectivity index (χ4n) is 2.66. The minimum Gasteiger partial charge on any atom is -0.356 e. The van der Waals surface area contributed by atoms with Crippen LogP contribution >= 0.6 is 11.3 Å². The van der Waals surface area contributed by atoms with Crippen molar-refractivity contribution in [2.45, 2.75) is 52.5 Å². The van der Waals surface area contributed by atoms with Crippen molar-refractivity contribution in [2.75, 3.05) is 18.4 Å². The third kappa shape index (κ3) is 5.52. The summed E-state index contributed by atoms with van der Waals surface area (Å²) in [6, 6.07) is -0.430. The van der Waals surface area contributed by atoms with Gasteiger partial charge in [0.2, 0.25) is 17.7 Å². The minimum atomic E-state index is -0.433. The molecule has 7 nitrogen and oxygen atoms in total. The Morgan fingerprint density at radius 3 is 2.76 bits per heavy atom. The Labute approximate surface area is 152 Å². The third-order valence-electron chi connectivity index (χ3n) is 4.07. The first kappa shape index (κ1) is 19.4. The van der Waals surface area contributed by atoms with Gasteiger partial charge in [0.15, 0.2) is 5.13 Å². The molecule has 3 amide bonds. The Bertz CT molecular complexity index is 610. The Morgan fingerprint density at radius 2 is 2.12 bits per heavy atom. The number of hydrogen-bond acceptors (Lipinski definition) is 5. The molecular formula is C17H26N4O3S. The molecule has 2 heterocycles. The molecule has 1 unspecified atom stereocenters. The molecule has 1 atom stereocenters. The van der Waals surface area contributed by atoms with Gasteiger partial charge in [0.1, 0.15) is 6.04 Å². The SMILES string of the molecule is CC(C)(C)C(=O)NCCCC(=O)N1CCCC1C(=O)Nc1nccs1. The van der Waals surface area contributed by atoms with Crippen molar-refractivity contribution in [3.8, 4) is 0 Å². The summed E-state index contributed by atoms with van der Waals surface area (Å²) in [5.74, 6) is -0.245. The summed E-state index contributed by atoms with van der Waals surface area (Å²) in [6.45, 7) is 6.62. The molecule has 1 aromatic heterocycles. The molecule has 0 aromatic carbocycles. The van der Waals surface area contributed by atoms with E-state index >= 15 is 0 Å². The minimum absolute atomic E-state index is 0.0261. The number of carbonyl (C=O) groups excluding carboxylic acids is 3. The third-order valence-corrected chi connectivity index (χ3v) is 4.76. The number of likely N-dealkylation sites (tertiary alicyclic amines) is 1. The Balaban J connectivity index is 1.78. The number of nitrogens with one attached hydrogen (secondary N) is 2. The lowest BCUT2D eigenvalue weighted by molar-refractivity contribution is -0.136. The van der Waals surface area contributed by atoms with E-state index in [1.165, 1.54) is 11.3 Å². The van der Waals surface area contributed by atoms with Gasteiger partial charge in [-0.05, 0) is 19.3 Å². The van der Waals surface area contributed by atoms with Gasteiger partial charge in [0.05, 0.1) is 0 Å². The molecule has 1 aliphatic rings. The number of thiazole rings is 1. The lowest BCUT2D eigenvalue weighted by Gasteiger charge is -2.24. The zero-order chi connectivity index (χ0) is 18.4. The van der Waals surface area contributed by atoms with E-state index in [1.807, 2.05) is 20.8 Å². The summed E-state index contributed by atoms with van der Waals surface area (Å²) < 4.78 is 0. The Morgan fingerprint density at radius 1 is 1.36 bits per heavy atom. The van der Waals surface area contributed by atoms with Crippen LogP contribution in [0, 0.1) is 5.41 Å². The summed E-state index contributed by atoms with van der Waals surface area (Å²) in [5, 5.41) is 7.94. The molecule has 1 aliphatic heterocycles. The number of rotatable bonds is 6. The van der Waals surface area contributed by atoms with Crippen molar-refractivity contribution in [1.29, 1.82) is 0 Å². The topological polar surface area (TPSA) is 91.4 Å². The van der Waals surface area contributed by atoms with E-state index in [0.29, 0.717) is 37.5 Å². The van der Waals surface area contributed by atoms with E-state index in [1.54, 1.807) is 16.5 Å². The summed E-state index contributed by atoms with van der Waals surface area (Å²) in [7, 11) is 0. The Kier molecular flexibility index (Phi) is 6.52. The molecule has 0 spiro atoms. The predicted octanol–water partition coefficient (Wildman–Crippen LogP) is 2.02. The average Bonchev–Trinajstić information content (AvgIpc) is 3.21. The fraction of sp³-hybridized carbons (Fsp3) is 0.647. The van der Waals surface area contributed by atoms with E-state index < -0.39 is 11.5 Å². The quantitative estimate of drug-likeness (QED) is 0.754. The van der Waals surface area contributed by atoms with Gasteiger partial charge in [-0.25, -0.2) is 4.98 Å². The van der Waals surface area contributed by atoms with Crippen LogP contribution in [0.2, 0.25) is 0 Å². The normalized spacial score (nSPS) is 17.4. The molecule has 0 saturated carbocycles. The first-order valence-corrected chi connectivity index (χ1v) is 9.45. The molecular weight excluding hydrogens is 340 g/mol. The maximum Gasteiger partial charge on any atom is 0.248 e. The fourth-order valence-corrected chi connectivity index (χ4v) is 3.19. The largest absolute Gasteiger partial charge is 0.356 e. The number of carbonyl (C=O) groups is 3. The van der Waals surface area contributed by atoms with Crippen LogP contribution in [0.3, 0.4) is 0 Å². The van der Waals surface area contributed by atoms with Crippen molar-refractivity contribution >= 4 is 34.2 Å². The number of nitrogens with zero attached hydrogens (tertiary/aromatic N) is 2. The van der Waals surface area contributed by atoms with Gasteiger partial charge in [-0.2, -0.15) is 0 Å². The number of aromatic nitrogens is 1. The molecule has 25 heavy (non-hydrogen) atoms. The average molecular weight is 366 g/mol. The first-order chi connectivity index (χ1) is 11.8. The van der Waals surface area contributed by atoms with Crippen LogP contribution in [0.5, 0.6) is 0 Å². The monoisotopic (exact) mass is 366 g/mol. The molecule has 0 radical (unpaired) electrons. The smallest absolute Gasteiger partial charge is 0.248 e. The molecule has 2 N–H and O–H groups in total. The molecule has 2 rings (SSSR count). The van der Waals surface area contributed by atoms with Crippen LogP contribution in [0.15, 0.2) is 11.6 Å². The van der Waals surface area contributed by atoms with Crippen molar-refractivity contribution < 1.29 is 14.4 Å². The number of amides is 3. The number of hydrogen-bond donors (Lipinski definition) is 2. The van der Waals surface area contributed by atoms with Crippen molar-refractivity contribution in [3.05, 3.63) is 11.6 Å². The second-order valence-corrected chi connectivity index (χ2v) is 8.08. The van der Waals surface area contributed by atoms with Gasteiger partial charge in [-0.15, -0.1) is 11.3 Å². The van der Waals surface area contributed by atoms with Gasteiger partial charge in [0, 0.05) is 36.5 Å². The predicted molar refractivity (Wildman–Crippen MR) is 97.2 cm³/mol. The molecule has 138 valence electrons. The molecule has 0 bridgehead atoms. The first-order valence-electron chi connectivity index (χ1n) is 8.57. The van der Waals surface area contributed by atoms with Crippen LogP contribution in [-0.4, -0.2) is 46.7 Å². The molecule has 1 fully saturated rings. The van der Waals surface area contributed by atoms with Crippen LogP contribution in [0.4, 0.5) is 5.13 Å². The molecule has 1 aromatic rings. The van der Waals surface area contributed by atoms with Crippen molar-refractivity contribution in [3.63, 3.8) is 0 Å². The van der Waals surface area contributed by atoms with Gasteiger partial charge in [0.25, 0.3) is 0 Å². The maximum atomic E-state index is 12.4. The van der Waals surface area contributed by atoms with Crippen LogP contribution in [-0.2, 0) is 14.4 Å². The molecule has 8 heteroatoms. The van der Waals surface area contributed by atoms with Crippen LogP contribution < -0.4 is 10.6 Å². The van der Waals surface area contributed by atoms with Gasteiger partial charge >= 0.3 is 0 Å². The summed E-state index contributed by atoms with van der Waals surface area (Å²) >= 11 is 1.35. The van der Waals surface area contributed by atoms with E-state index in [0.717, 1.165) is 6.42 Å². The van der Waals surface area contributed by atoms with Gasteiger partial charge < -0.3 is 15.5 Å². The zero-order valence-electron chi connectivity index (χ0n) is 15.0. The summed E-state index contributed by atoms with van der Waals surface area (Å²) in [4.78, 5) is 42.3. The Hall–Kier alpha value is -1.96. The van der Waals surface area contributed by atoms with E-state index in [-0.39, 0.29) is 17.7 Å². The van der Waals surface area contributed by atoms with Crippen LogP contribution in [0.25, 0.3) is 0 Å². The lowest BCUT2D eigenvalue weighted by Crippen LogP contribution is -2.43. The van der Waals surface area contributed by atoms with Crippen molar-refractivity contribution in [2.24, 2.45) is 5.41 Å². The van der Waals surface area contributed by atoms with Gasteiger partial charge in [-0.1, -0.05) is 20.8 Å². The molecule has 1 saturated heterocycles. The highest BCUT2D eigenvalue weighted by atomic mass is 32.1. The second kappa shape index (κ2) is 8.42. The second-order valence-electron chi connectivity index (χ2n) is 7.18. The van der Waals surface area contributed by atoms with E-state index in [9.17, 15) is 14.4 Å².